The molecule has 0 fully saturated rings. The van der Waals surface area contributed by atoms with Crippen LogP contribution in [0.5, 0.6) is 0 Å². The van der Waals surface area contributed by atoms with Crippen LogP contribution in [-0.4, -0.2) is 37.2 Å². The molecule has 6 heteroatoms. The van der Waals surface area contributed by atoms with Gasteiger partial charge in [-0.2, -0.15) is 0 Å². The molecule has 0 aliphatic heterocycles. The van der Waals surface area contributed by atoms with Crippen LogP contribution >= 0.6 is 0 Å². The molecule has 0 heterocycles. The SMILES string of the molecule is CCCC/C=C\CCCCCCCC(=O)OC(COC(=O)CCCCCCCCCCC)COC(=O)CCCCCCCCCCCCCCCCCCCCC/C=C\CCCCCCCCCC. The molecule has 0 aromatic heterocycles. The normalized spacial score (nSPS) is 12.1. The first kappa shape index (κ1) is 66.9. The monoisotopic (exact) mass is 971 g/mol. The van der Waals surface area contributed by atoms with Gasteiger partial charge in [0.1, 0.15) is 13.2 Å². The third kappa shape index (κ3) is 56.7. The molecule has 0 aromatic carbocycles. The molecule has 1 atom stereocenters. The number of hydrogen-bond acceptors (Lipinski definition) is 6. The molecule has 6 nitrogen and oxygen atoms in total. The van der Waals surface area contributed by atoms with E-state index in [1.807, 2.05) is 0 Å². The van der Waals surface area contributed by atoms with Crippen molar-refractivity contribution in [1.82, 2.24) is 0 Å². The van der Waals surface area contributed by atoms with Crippen molar-refractivity contribution in [3.8, 4) is 0 Å². The highest BCUT2D eigenvalue weighted by Crippen LogP contribution is 2.17. The Morgan fingerprint density at radius 1 is 0.275 bits per heavy atom. The molecule has 0 saturated carbocycles. The van der Waals surface area contributed by atoms with Gasteiger partial charge in [-0.25, -0.2) is 0 Å². The van der Waals surface area contributed by atoms with Crippen molar-refractivity contribution in [2.45, 2.75) is 348 Å². The molecular formula is C63H118O6. The number of esters is 3. The highest BCUT2D eigenvalue weighted by atomic mass is 16.6. The van der Waals surface area contributed by atoms with Gasteiger partial charge in [-0.3, -0.25) is 14.4 Å². The molecule has 1 unspecified atom stereocenters. The molecule has 0 aromatic rings. The van der Waals surface area contributed by atoms with Gasteiger partial charge in [0.25, 0.3) is 0 Å². The van der Waals surface area contributed by atoms with Crippen LogP contribution in [0.1, 0.15) is 342 Å². The Labute approximate surface area is 430 Å². The second-order valence-electron chi connectivity index (χ2n) is 21.0. The Kier molecular flexibility index (Phi) is 56.7. The summed E-state index contributed by atoms with van der Waals surface area (Å²) < 4.78 is 16.8. The maximum Gasteiger partial charge on any atom is 0.306 e. The third-order valence-corrected chi connectivity index (χ3v) is 13.9. The van der Waals surface area contributed by atoms with E-state index < -0.39 is 6.10 Å². The number of carbonyl (C=O) groups excluding carboxylic acids is 3. The summed E-state index contributed by atoms with van der Waals surface area (Å²) in [5.74, 6) is -0.865. The Hall–Kier alpha value is -2.11. The lowest BCUT2D eigenvalue weighted by molar-refractivity contribution is -0.167. The molecule has 0 aliphatic rings. The summed E-state index contributed by atoms with van der Waals surface area (Å²) in [6, 6.07) is 0. The molecule has 69 heavy (non-hydrogen) atoms. The Bertz CT molecular complexity index is 1110. The van der Waals surface area contributed by atoms with Crippen LogP contribution in [-0.2, 0) is 28.6 Å². The predicted octanol–water partition coefficient (Wildman–Crippen LogP) is 20.7. The van der Waals surface area contributed by atoms with E-state index in [1.54, 1.807) is 0 Å². The predicted molar refractivity (Wildman–Crippen MR) is 298 cm³/mol. The van der Waals surface area contributed by atoms with Crippen LogP contribution in [0.15, 0.2) is 24.3 Å². The van der Waals surface area contributed by atoms with Crippen molar-refractivity contribution >= 4 is 17.9 Å². The van der Waals surface area contributed by atoms with Crippen LogP contribution in [0.25, 0.3) is 0 Å². The van der Waals surface area contributed by atoms with Crippen molar-refractivity contribution < 1.29 is 28.6 Å². The van der Waals surface area contributed by atoms with E-state index in [9.17, 15) is 14.4 Å². The average molecular weight is 972 g/mol. The Balaban J connectivity index is 3.97. The van der Waals surface area contributed by atoms with E-state index in [-0.39, 0.29) is 31.1 Å². The van der Waals surface area contributed by atoms with Gasteiger partial charge in [-0.15, -0.1) is 0 Å². The topological polar surface area (TPSA) is 78.9 Å². The fraction of sp³-hybridized carbons (Fsp3) is 0.889. The van der Waals surface area contributed by atoms with Gasteiger partial charge in [0.2, 0.25) is 0 Å². The van der Waals surface area contributed by atoms with Crippen LogP contribution in [0.4, 0.5) is 0 Å². The van der Waals surface area contributed by atoms with Crippen molar-refractivity contribution in [2.24, 2.45) is 0 Å². The van der Waals surface area contributed by atoms with Crippen molar-refractivity contribution in [3.63, 3.8) is 0 Å². The van der Waals surface area contributed by atoms with E-state index in [4.69, 9.17) is 14.2 Å². The van der Waals surface area contributed by atoms with E-state index >= 15 is 0 Å². The standard InChI is InChI=1S/C63H118O6/c1-4-7-10-13-16-19-21-22-23-24-25-26-27-28-29-30-31-32-33-34-35-36-37-38-39-40-42-44-47-50-53-56-62(65)68-59-60(58-67-61(64)55-52-49-46-43-18-15-12-9-6-3)69-63(66)57-54-51-48-45-41-20-17-14-11-8-5-2/h14,17,24-25,60H,4-13,15-16,18-23,26-59H2,1-3H3/b17-14-,25-24-. The van der Waals surface area contributed by atoms with Gasteiger partial charge in [0.15, 0.2) is 6.10 Å². The Morgan fingerprint density at radius 2 is 0.493 bits per heavy atom. The van der Waals surface area contributed by atoms with Gasteiger partial charge in [0, 0.05) is 19.3 Å². The van der Waals surface area contributed by atoms with E-state index in [2.05, 4.69) is 45.1 Å². The number of hydrogen-bond donors (Lipinski definition) is 0. The van der Waals surface area contributed by atoms with Crippen molar-refractivity contribution in [1.29, 1.82) is 0 Å². The van der Waals surface area contributed by atoms with Crippen LogP contribution in [0.3, 0.4) is 0 Å². The maximum absolute atomic E-state index is 12.8. The molecule has 0 aliphatic carbocycles. The number of unbranched alkanes of at least 4 members (excludes halogenated alkanes) is 42. The van der Waals surface area contributed by atoms with Crippen LogP contribution in [0, 0.1) is 0 Å². The fourth-order valence-electron chi connectivity index (χ4n) is 9.25. The number of allylic oxidation sites excluding steroid dienone is 4. The van der Waals surface area contributed by atoms with Crippen molar-refractivity contribution in [2.75, 3.05) is 13.2 Å². The molecule has 406 valence electrons. The molecule has 0 rings (SSSR count). The van der Waals surface area contributed by atoms with Gasteiger partial charge in [-0.1, -0.05) is 283 Å². The molecule has 0 amide bonds. The van der Waals surface area contributed by atoms with Gasteiger partial charge in [-0.05, 0) is 64.2 Å². The number of carbonyl (C=O) groups is 3. The van der Waals surface area contributed by atoms with Gasteiger partial charge >= 0.3 is 17.9 Å². The van der Waals surface area contributed by atoms with E-state index in [1.165, 1.54) is 238 Å². The smallest absolute Gasteiger partial charge is 0.306 e. The number of ether oxygens (including phenoxy) is 3. The molecule has 0 bridgehead atoms. The lowest BCUT2D eigenvalue weighted by Crippen LogP contribution is -2.30. The summed E-state index contributed by atoms with van der Waals surface area (Å²) in [4.78, 5) is 37.9. The Morgan fingerprint density at radius 3 is 0.768 bits per heavy atom. The van der Waals surface area contributed by atoms with E-state index in [0.717, 1.165) is 64.2 Å². The largest absolute Gasteiger partial charge is 0.462 e. The quantitative estimate of drug-likeness (QED) is 0.0261. The summed E-state index contributed by atoms with van der Waals surface area (Å²) in [6.07, 6.45) is 69.3. The second kappa shape index (κ2) is 58.5. The fourth-order valence-corrected chi connectivity index (χ4v) is 9.25. The summed E-state index contributed by atoms with van der Waals surface area (Å²) in [7, 11) is 0. The first-order valence-electron chi connectivity index (χ1n) is 30.8. The van der Waals surface area contributed by atoms with Gasteiger partial charge < -0.3 is 14.2 Å². The first-order valence-corrected chi connectivity index (χ1v) is 30.8. The summed E-state index contributed by atoms with van der Waals surface area (Å²) in [6.45, 7) is 6.61. The zero-order chi connectivity index (χ0) is 50.0. The van der Waals surface area contributed by atoms with Crippen LogP contribution in [0.2, 0.25) is 0 Å². The lowest BCUT2D eigenvalue weighted by Gasteiger charge is -2.18. The minimum absolute atomic E-state index is 0.0697. The zero-order valence-electron chi connectivity index (χ0n) is 46.6. The average Bonchev–Trinajstić information content (AvgIpc) is 3.35. The first-order chi connectivity index (χ1) is 34.0. The highest BCUT2D eigenvalue weighted by molar-refractivity contribution is 5.71. The van der Waals surface area contributed by atoms with E-state index in [0.29, 0.717) is 19.3 Å². The minimum atomic E-state index is -0.769. The van der Waals surface area contributed by atoms with Gasteiger partial charge in [0.05, 0.1) is 0 Å². The zero-order valence-corrected chi connectivity index (χ0v) is 46.6. The third-order valence-electron chi connectivity index (χ3n) is 13.9. The summed E-state index contributed by atoms with van der Waals surface area (Å²) in [5, 5.41) is 0. The molecule has 0 radical (unpaired) electrons. The molecule has 0 N–H and O–H groups in total. The minimum Gasteiger partial charge on any atom is -0.462 e. The lowest BCUT2D eigenvalue weighted by atomic mass is 10.0. The molecular weight excluding hydrogens is 853 g/mol. The maximum atomic E-state index is 12.8. The van der Waals surface area contributed by atoms with Crippen molar-refractivity contribution in [3.05, 3.63) is 24.3 Å². The van der Waals surface area contributed by atoms with Crippen LogP contribution < -0.4 is 0 Å². The summed E-state index contributed by atoms with van der Waals surface area (Å²) in [5.41, 5.74) is 0. The highest BCUT2D eigenvalue weighted by Gasteiger charge is 2.19. The number of rotatable bonds is 57. The molecule has 0 spiro atoms. The molecule has 0 saturated heterocycles. The summed E-state index contributed by atoms with van der Waals surface area (Å²) >= 11 is 0. The second-order valence-corrected chi connectivity index (χ2v) is 21.0.